The highest BCUT2D eigenvalue weighted by atomic mass is 19.4. The summed E-state index contributed by atoms with van der Waals surface area (Å²) in [5, 5.41) is 2.32. The molecule has 0 radical (unpaired) electrons. The molecule has 2 nitrogen and oxygen atoms in total. The van der Waals surface area contributed by atoms with Crippen LogP contribution in [-0.2, 0) is 5.54 Å². The monoisotopic (exact) mass is 236 g/mol. The topological polar surface area (TPSA) is 24.9 Å². The Morgan fingerprint density at radius 2 is 1.94 bits per heavy atom. The zero-order valence-electron chi connectivity index (χ0n) is 8.90. The second kappa shape index (κ2) is 4.37. The molecule has 1 unspecified atom stereocenters. The van der Waals surface area contributed by atoms with Crippen LogP contribution in [-0.4, -0.2) is 17.7 Å². The van der Waals surface area contributed by atoms with Gasteiger partial charge in [0.25, 0.3) is 0 Å². The summed E-state index contributed by atoms with van der Waals surface area (Å²) in [6.07, 6.45) is -3.72. The molecule has 0 fully saturated rings. The first-order valence-electron chi connectivity index (χ1n) is 4.75. The summed E-state index contributed by atoms with van der Waals surface area (Å²) in [6.45, 7) is 2.68. The van der Waals surface area contributed by atoms with Crippen LogP contribution in [0.25, 0.3) is 0 Å². The van der Waals surface area contributed by atoms with Gasteiger partial charge in [-0.15, -0.1) is 0 Å². The molecule has 6 heteroatoms. The highest BCUT2D eigenvalue weighted by molar-refractivity contribution is 5.18. The van der Waals surface area contributed by atoms with Crippen molar-refractivity contribution in [3.8, 4) is 0 Å². The van der Waals surface area contributed by atoms with Crippen LogP contribution in [0.2, 0.25) is 0 Å². The largest absolute Gasteiger partial charge is 0.412 e. The van der Waals surface area contributed by atoms with Gasteiger partial charge < -0.3 is 0 Å². The number of aromatic nitrogens is 1. The van der Waals surface area contributed by atoms with Crippen molar-refractivity contribution in [2.45, 2.75) is 25.6 Å². The summed E-state index contributed by atoms with van der Waals surface area (Å²) in [4.78, 5) is 3.48. The van der Waals surface area contributed by atoms with Crippen molar-refractivity contribution in [2.75, 3.05) is 6.54 Å². The quantitative estimate of drug-likeness (QED) is 0.816. The predicted octanol–water partition coefficient (Wildman–Crippen LogP) is 2.61. The van der Waals surface area contributed by atoms with Crippen molar-refractivity contribution in [3.63, 3.8) is 0 Å². The van der Waals surface area contributed by atoms with Crippen molar-refractivity contribution < 1.29 is 17.6 Å². The lowest BCUT2D eigenvalue weighted by atomic mass is 9.96. The fourth-order valence-corrected chi connectivity index (χ4v) is 1.36. The van der Waals surface area contributed by atoms with E-state index in [2.05, 4.69) is 10.3 Å². The Hall–Kier alpha value is -1.17. The number of nitrogens with one attached hydrogen (secondary N) is 1. The Balaban J connectivity index is 3.16. The van der Waals surface area contributed by atoms with E-state index in [4.69, 9.17) is 0 Å². The van der Waals surface area contributed by atoms with Gasteiger partial charge in [0.2, 0.25) is 0 Å². The summed E-state index contributed by atoms with van der Waals surface area (Å²) in [7, 11) is 0. The second-order valence-corrected chi connectivity index (χ2v) is 3.51. The molecule has 0 aliphatic heterocycles. The second-order valence-electron chi connectivity index (χ2n) is 3.51. The number of pyridine rings is 1. The Labute approximate surface area is 90.7 Å². The number of halogens is 4. The Morgan fingerprint density at radius 3 is 2.31 bits per heavy atom. The average molecular weight is 236 g/mol. The van der Waals surface area contributed by atoms with E-state index < -0.39 is 17.5 Å². The summed E-state index contributed by atoms with van der Waals surface area (Å²) in [5.74, 6) is -0.662. The van der Waals surface area contributed by atoms with Crippen molar-refractivity contribution in [3.05, 3.63) is 29.8 Å². The first-order chi connectivity index (χ1) is 7.31. The molecule has 1 heterocycles. The normalized spacial score (nSPS) is 15.9. The number of nitrogens with zero attached hydrogens (tertiary/aromatic N) is 1. The minimum Gasteiger partial charge on any atom is -0.299 e. The number of hydrogen-bond acceptors (Lipinski definition) is 2. The van der Waals surface area contributed by atoms with Crippen LogP contribution in [0.15, 0.2) is 18.3 Å². The minimum atomic E-state index is -4.49. The third-order valence-electron chi connectivity index (χ3n) is 2.34. The third-order valence-corrected chi connectivity index (χ3v) is 2.34. The lowest BCUT2D eigenvalue weighted by molar-refractivity contribution is -0.196. The van der Waals surface area contributed by atoms with Crippen molar-refractivity contribution in [1.82, 2.24) is 10.3 Å². The molecule has 1 rings (SSSR count). The summed E-state index contributed by atoms with van der Waals surface area (Å²) >= 11 is 0. The molecule has 0 bridgehead atoms. The van der Waals surface area contributed by atoms with E-state index in [0.29, 0.717) is 0 Å². The van der Waals surface area contributed by atoms with Gasteiger partial charge in [-0.1, -0.05) is 6.92 Å². The molecule has 1 aromatic rings. The van der Waals surface area contributed by atoms with Gasteiger partial charge in [0.1, 0.15) is 5.82 Å². The summed E-state index contributed by atoms with van der Waals surface area (Å²) < 4.78 is 51.2. The van der Waals surface area contributed by atoms with Gasteiger partial charge in [-0.25, -0.2) is 4.39 Å². The SMILES string of the molecule is CCNC(C)(c1ccc(F)cn1)C(F)(F)F. The molecule has 0 amide bonds. The first kappa shape index (κ1) is 12.9. The van der Waals surface area contributed by atoms with E-state index in [1.165, 1.54) is 0 Å². The van der Waals surface area contributed by atoms with Gasteiger partial charge in [0, 0.05) is 0 Å². The van der Waals surface area contributed by atoms with Crippen LogP contribution in [0, 0.1) is 5.82 Å². The van der Waals surface area contributed by atoms with E-state index in [-0.39, 0.29) is 12.2 Å². The Kier molecular flexibility index (Phi) is 3.52. The number of hydrogen-bond donors (Lipinski definition) is 1. The highest BCUT2D eigenvalue weighted by Crippen LogP contribution is 2.37. The van der Waals surface area contributed by atoms with Crippen molar-refractivity contribution >= 4 is 0 Å². The zero-order chi connectivity index (χ0) is 12.4. The van der Waals surface area contributed by atoms with Gasteiger partial charge in [-0.2, -0.15) is 13.2 Å². The van der Waals surface area contributed by atoms with Crippen molar-refractivity contribution in [2.24, 2.45) is 0 Å². The molecule has 0 aliphatic carbocycles. The maximum atomic E-state index is 12.9. The van der Waals surface area contributed by atoms with E-state index >= 15 is 0 Å². The maximum absolute atomic E-state index is 12.9. The molecular weight excluding hydrogens is 224 g/mol. The van der Waals surface area contributed by atoms with Crippen LogP contribution >= 0.6 is 0 Å². The van der Waals surface area contributed by atoms with Crippen LogP contribution in [0.4, 0.5) is 17.6 Å². The van der Waals surface area contributed by atoms with Gasteiger partial charge >= 0.3 is 6.18 Å². The maximum Gasteiger partial charge on any atom is 0.412 e. The van der Waals surface area contributed by atoms with Crippen molar-refractivity contribution in [1.29, 1.82) is 0 Å². The molecular formula is C10H12F4N2. The van der Waals surface area contributed by atoms with Crippen LogP contribution in [0.3, 0.4) is 0 Å². The van der Waals surface area contributed by atoms with Crippen LogP contribution in [0.5, 0.6) is 0 Å². The smallest absolute Gasteiger partial charge is 0.299 e. The van der Waals surface area contributed by atoms with Crippen LogP contribution < -0.4 is 5.32 Å². The number of alkyl halides is 3. The lowest BCUT2D eigenvalue weighted by Crippen LogP contribution is -2.52. The average Bonchev–Trinajstić information content (AvgIpc) is 2.17. The van der Waals surface area contributed by atoms with E-state index in [0.717, 1.165) is 25.3 Å². The molecule has 1 N–H and O–H groups in total. The molecule has 90 valence electrons. The predicted molar refractivity (Wildman–Crippen MR) is 51.3 cm³/mol. The standard InChI is InChI=1S/C10H12F4N2/c1-3-16-9(2,10(12,13)14)8-5-4-7(11)6-15-8/h4-6,16H,3H2,1-2H3. The zero-order valence-corrected chi connectivity index (χ0v) is 8.90. The number of rotatable bonds is 3. The van der Waals surface area contributed by atoms with Gasteiger partial charge in [0.05, 0.1) is 11.9 Å². The molecule has 1 aromatic heterocycles. The minimum absolute atomic E-state index is 0.134. The third kappa shape index (κ3) is 2.32. The first-order valence-corrected chi connectivity index (χ1v) is 4.75. The fourth-order valence-electron chi connectivity index (χ4n) is 1.36. The Bertz CT molecular complexity index is 347. The van der Waals surface area contributed by atoms with E-state index in [1.807, 2.05) is 0 Å². The molecule has 16 heavy (non-hydrogen) atoms. The van der Waals surface area contributed by atoms with Gasteiger partial charge in [0.15, 0.2) is 5.54 Å². The van der Waals surface area contributed by atoms with Gasteiger partial charge in [-0.05, 0) is 25.6 Å². The molecule has 0 saturated heterocycles. The van der Waals surface area contributed by atoms with E-state index in [9.17, 15) is 17.6 Å². The highest BCUT2D eigenvalue weighted by Gasteiger charge is 2.52. The molecule has 0 saturated carbocycles. The lowest BCUT2D eigenvalue weighted by Gasteiger charge is -2.32. The molecule has 1 atom stereocenters. The summed E-state index contributed by atoms with van der Waals surface area (Å²) in [5.41, 5.74) is -2.50. The Morgan fingerprint density at radius 1 is 1.31 bits per heavy atom. The van der Waals surface area contributed by atoms with Gasteiger partial charge in [-0.3, -0.25) is 10.3 Å². The van der Waals surface area contributed by atoms with Crippen LogP contribution in [0.1, 0.15) is 19.5 Å². The molecule has 0 aliphatic rings. The molecule has 0 aromatic carbocycles. The molecule has 0 spiro atoms. The fraction of sp³-hybridized carbons (Fsp3) is 0.500. The summed E-state index contributed by atoms with van der Waals surface area (Å²) in [6, 6.07) is 2.00. The van der Waals surface area contributed by atoms with E-state index in [1.54, 1.807) is 6.92 Å².